The van der Waals surface area contributed by atoms with Gasteiger partial charge in [-0.05, 0) is 168 Å². The second-order valence-electron chi connectivity index (χ2n) is 21.8. The first kappa shape index (κ1) is 66.7. The molecule has 2 unspecified atom stereocenters. The van der Waals surface area contributed by atoms with Gasteiger partial charge in [-0.25, -0.2) is 13.2 Å². The van der Waals surface area contributed by atoms with E-state index < -0.39 is 18.5 Å². The number of aliphatic imine (C=N–C) groups is 1. The summed E-state index contributed by atoms with van der Waals surface area (Å²) in [6, 6.07) is 0. The zero-order valence-corrected chi connectivity index (χ0v) is 46.8. The number of β-amino-alcohol motifs (C(OH)–C–C–N with tert-alkyl or cyclic N) is 3. The second-order valence-corrected chi connectivity index (χ2v) is 21.8. The molecule has 0 radical (unpaired) electrons. The first-order chi connectivity index (χ1) is 33.2. The number of allylic oxidation sites excluding steroid dienone is 2. The predicted molar refractivity (Wildman–Crippen MR) is 290 cm³/mol. The lowest BCUT2D eigenvalue weighted by Crippen LogP contribution is -2.42. The molecule has 17 heteroatoms. The van der Waals surface area contributed by atoms with Crippen molar-refractivity contribution in [2.75, 3.05) is 201 Å². The quantitative estimate of drug-likeness (QED) is 0.319. The van der Waals surface area contributed by atoms with Crippen LogP contribution in [0.1, 0.15) is 90.4 Å². The topological polar surface area (TPSA) is 105 Å². The lowest BCUT2D eigenvalue weighted by atomic mass is 10.1. The lowest BCUT2D eigenvalue weighted by Gasteiger charge is -2.28. The lowest BCUT2D eigenvalue weighted by molar-refractivity contribution is 0.181. The molecule has 0 aliphatic carbocycles. The van der Waals surface area contributed by atoms with E-state index in [0.717, 1.165) is 110 Å². The van der Waals surface area contributed by atoms with Crippen LogP contribution in [0.25, 0.3) is 0 Å². The normalized spacial score (nSPS) is 30.2. The van der Waals surface area contributed by atoms with Crippen LogP contribution in [0.15, 0.2) is 16.8 Å². The Kier molecular flexibility index (Phi) is 39.1. The Balaban J connectivity index is 0.000000389. The monoisotopic (exact) mass is 1010 g/mol. The maximum Gasteiger partial charge on any atom is 0.114 e. The van der Waals surface area contributed by atoms with Gasteiger partial charge in [0.05, 0.1) is 18.3 Å². The number of halogens is 3. The maximum atomic E-state index is 12.1. The van der Waals surface area contributed by atoms with Crippen LogP contribution < -0.4 is 0 Å². The van der Waals surface area contributed by atoms with Crippen molar-refractivity contribution >= 4 is 6.21 Å². The molecule has 6 atom stereocenters. The number of likely N-dealkylation sites (N-methyl/N-ethyl adjacent to an activating group) is 5. The fraction of sp³-hybridized carbons (Fsp3) is 0.943. The summed E-state index contributed by atoms with van der Waals surface area (Å²) in [4.78, 5) is 25.9. The molecule has 10 aliphatic rings. The molecule has 0 amide bonds. The van der Waals surface area contributed by atoms with Crippen LogP contribution in [-0.4, -0.2) is 309 Å². The number of nitrogens with zero attached hydrogens (tertiary/aromatic N) is 11. The number of alkyl halides is 3. The minimum absolute atomic E-state index is 0.0509. The van der Waals surface area contributed by atoms with Crippen LogP contribution in [0.2, 0.25) is 0 Å². The van der Waals surface area contributed by atoms with Crippen LogP contribution in [0.3, 0.4) is 0 Å². The zero-order chi connectivity index (χ0) is 52.3. The van der Waals surface area contributed by atoms with Gasteiger partial charge in [0.2, 0.25) is 0 Å². The van der Waals surface area contributed by atoms with Crippen molar-refractivity contribution < 1.29 is 28.5 Å². The third-order valence-corrected chi connectivity index (χ3v) is 13.8. The van der Waals surface area contributed by atoms with Crippen molar-refractivity contribution in [3.05, 3.63) is 11.8 Å². The molecule has 9 saturated heterocycles. The van der Waals surface area contributed by atoms with Crippen LogP contribution in [0.5, 0.6) is 0 Å². The fourth-order valence-corrected chi connectivity index (χ4v) is 8.86. The van der Waals surface area contributed by atoms with Crippen LogP contribution in [0, 0.1) is 0 Å². The van der Waals surface area contributed by atoms with Crippen molar-refractivity contribution in [3.8, 4) is 0 Å². The van der Waals surface area contributed by atoms with Crippen molar-refractivity contribution in [3.63, 3.8) is 0 Å². The molecule has 0 spiro atoms. The van der Waals surface area contributed by atoms with Gasteiger partial charge in [0.1, 0.15) is 18.5 Å². The third kappa shape index (κ3) is 39.2. The average molecular weight is 1010 g/mol. The number of hydrogen-bond donors (Lipinski definition) is 3. The summed E-state index contributed by atoms with van der Waals surface area (Å²) in [6.07, 6.45) is 16.9. The Morgan fingerprint density at radius 1 is 0.357 bits per heavy atom. The van der Waals surface area contributed by atoms with Gasteiger partial charge in [0.25, 0.3) is 0 Å². The molecular formula is C53H110F3N11O3. The Hall–Kier alpha value is -1.32. The van der Waals surface area contributed by atoms with Crippen LogP contribution in [0.4, 0.5) is 13.2 Å². The average Bonchev–Trinajstić information content (AvgIpc) is 4.22. The first-order valence-electron chi connectivity index (χ1n) is 27.2. The molecule has 10 rings (SSSR count). The number of rotatable bonds is 0. The summed E-state index contributed by atoms with van der Waals surface area (Å²) in [7, 11) is 20.6. The molecule has 9 fully saturated rings. The minimum Gasteiger partial charge on any atom is -0.392 e. The third-order valence-electron chi connectivity index (χ3n) is 13.8. The zero-order valence-electron chi connectivity index (χ0n) is 46.8. The molecule has 10 aliphatic heterocycles. The number of piperazine rings is 1. The SMILES string of the molecule is CC1=CCC=N1.CN1CCC(F)C1.CN1CCC(O)C1.CN1CCCCC1.CN1CCCCC1.CN1CCN(C)CC1.CN1CC[C@@H](F)C1.CN1CC[C@@H](O)C1.CN1CC[C@H](F)C1.CN1CC[C@H](O)C1. The molecule has 3 N–H and O–H groups in total. The van der Waals surface area contributed by atoms with Gasteiger partial charge in [-0.2, -0.15) is 0 Å². The Morgan fingerprint density at radius 2 is 0.614 bits per heavy atom. The minimum atomic E-state index is -0.551. The molecule has 70 heavy (non-hydrogen) atoms. The molecule has 10 heterocycles. The largest absolute Gasteiger partial charge is 0.392 e. The molecule has 14 nitrogen and oxygen atoms in total. The van der Waals surface area contributed by atoms with E-state index >= 15 is 0 Å². The highest BCUT2D eigenvalue weighted by atomic mass is 19.1. The predicted octanol–water partition coefficient (Wildman–Crippen LogP) is 4.46. The molecule has 0 aromatic rings. The summed E-state index contributed by atoms with van der Waals surface area (Å²) < 4.78 is 36.4. The van der Waals surface area contributed by atoms with Crippen LogP contribution in [-0.2, 0) is 0 Å². The van der Waals surface area contributed by atoms with Gasteiger partial charge >= 0.3 is 0 Å². The Bertz CT molecular complexity index is 1050. The summed E-state index contributed by atoms with van der Waals surface area (Å²) in [5, 5.41) is 26.6. The number of likely N-dealkylation sites (tertiary alicyclic amines) is 8. The fourth-order valence-electron chi connectivity index (χ4n) is 8.86. The van der Waals surface area contributed by atoms with E-state index in [1.165, 1.54) is 90.9 Å². The molecular weight excluding hydrogens is 896 g/mol. The van der Waals surface area contributed by atoms with E-state index in [1.807, 2.05) is 70.1 Å². The van der Waals surface area contributed by atoms with E-state index in [9.17, 15) is 13.2 Å². The molecule has 0 saturated carbocycles. The Morgan fingerprint density at radius 3 is 0.714 bits per heavy atom. The summed E-state index contributed by atoms with van der Waals surface area (Å²) in [6.45, 7) is 22.7. The van der Waals surface area contributed by atoms with Gasteiger partial charge in [-0.15, -0.1) is 0 Å². The van der Waals surface area contributed by atoms with Gasteiger partial charge in [-0.1, -0.05) is 18.9 Å². The van der Waals surface area contributed by atoms with Gasteiger partial charge < -0.3 is 64.3 Å². The summed E-state index contributed by atoms with van der Waals surface area (Å²) in [5.74, 6) is 0. The van der Waals surface area contributed by atoms with E-state index in [2.05, 4.69) is 73.6 Å². The molecule has 0 aromatic carbocycles. The summed E-state index contributed by atoms with van der Waals surface area (Å²) in [5.41, 5.74) is 1.15. The first-order valence-corrected chi connectivity index (χ1v) is 27.2. The highest BCUT2D eigenvalue weighted by Crippen LogP contribution is 2.11. The van der Waals surface area contributed by atoms with E-state index in [1.54, 1.807) is 0 Å². The smallest absolute Gasteiger partial charge is 0.114 e. The van der Waals surface area contributed by atoms with Crippen molar-refractivity contribution in [1.82, 2.24) is 49.0 Å². The Labute approximate surface area is 427 Å². The summed E-state index contributed by atoms with van der Waals surface area (Å²) >= 11 is 0. The van der Waals surface area contributed by atoms with Crippen molar-refractivity contribution in [1.29, 1.82) is 0 Å². The molecule has 0 aromatic heterocycles. The molecule has 416 valence electrons. The van der Waals surface area contributed by atoms with E-state index in [4.69, 9.17) is 15.3 Å². The number of hydrogen-bond acceptors (Lipinski definition) is 14. The maximum absolute atomic E-state index is 12.1. The van der Waals surface area contributed by atoms with Crippen molar-refractivity contribution in [2.45, 2.75) is 127 Å². The van der Waals surface area contributed by atoms with Crippen molar-refractivity contribution in [2.24, 2.45) is 4.99 Å². The van der Waals surface area contributed by atoms with E-state index in [-0.39, 0.29) is 18.3 Å². The number of aliphatic hydroxyl groups excluding tert-OH is 3. The second kappa shape index (κ2) is 41.0. The van der Waals surface area contributed by atoms with Gasteiger partial charge in [-0.3, -0.25) is 4.99 Å². The standard InChI is InChI=1S/C6H14N2.2C6H13N.3C5H10FN.3C5H11NO.C5H7N/c1-7-3-5-8(2)6-4-7;2*1-7-5-3-2-4-6-7;3*1-7-3-2-5(6)4-7;3*1-6-3-2-5(7)4-6;1-5-3-2-4-6-5/h3-6H2,1-2H3;2*2-6H2,1H3;3*5H,2-4H2,1H3;3*5,7H,2-4H2,1H3;3-4H,2H2,1H3/t;;;2*5-;;2*5-;;/m...10.10../s1. The highest BCUT2D eigenvalue weighted by Gasteiger charge is 2.20. The number of piperidine rings is 2. The van der Waals surface area contributed by atoms with Gasteiger partial charge in [0, 0.05) is 123 Å². The van der Waals surface area contributed by atoms with Crippen LogP contribution >= 0.6 is 0 Å². The van der Waals surface area contributed by atoms with Gasteiger partial charge in [0.15, 0.2) is 0 Å². The highest BCUT2D eigenvalue weighted by molar-refractivity contribution is 5.64. The number of aliphatic hydroxyl groups is 3. The van der Waals surface area contributed by atoms with E-state index in [0.29, 0.717) is 19.6 Å². The molecule has 0 bridgehead atoms.